The van der Waals surface area contributed by atoms with Gasteiger partial charge in [-0.25, -0.2) is 4.98 Å². The molecule has 6 heteroatoms. The Bertz CT molecular complexity index is 880. The van der Waals surface area contributed by atoms with Crippen molar-refractivity contribution in [3.63, 3.8) is 0 Å². The second-order valence-electron chi connectivity index (χ2n) is 7.34. The predicted molar refractivity (Wildman–Crippen MR) is 99.5 cm³/mol. The average Bonchev–Trinajstić information content (AvgIpc) is 3.34. The molecule has 1 fully saturated rings. The Labute approximate surface area is 153 Å². The van der Waals surface area contributed by atoms with Crippen molar-refractivity contribution in [3.8, 4) is 0 Å². The highest BCUT2D eigenvalue weighted by atomic mass is 16.2. The van der Waals surface area contributed by atoms with Gasteiger partial charge in [0, 0.05) is 18.3 Å². The number of benzene rings is 1. The first-order chi connectivity index (χ1) is 12.5. The van der Waals surface area contributed by atoms with Crippen LogP contribution in [0.25, 0.3) is 0 Å². The van der Waals surface area contributed by atoms with Gasteiger partial charge in [0.25, 0.3) is 11.8 Å². The van der Waals surface area contributed by atoms with E-state index in [2.05, 4.69) is 15.6 Å². The van der Waals surface area contributed by atoms with E-state index in [0.29, 0.717) is 11.5 Å². The van der Waals surface area contributed by atoms with Crippen LogP contribution in [0.5, 0.6) is 0 Å². The molecule has 1 aromatic carbocycles. The summed E-state index contributed by atoms with van der Waals surface area (Å²) in [6.45, 7) is 4.80. The number of aryl methyl sites for hydroxylation is 2. The van der Waals surface area contributed by atoms with E-state index >= 15 is 0 Å². The minimum Gasteiger partial charge on any atom is -0.347 e. The summed E-state index contributed by atoms with van der Waals surface area (Å²) in [5, 5.41) is 5.92. The van der Waals surface area contributed by atoms with Crippen molar-refractivity contribution in [2.75, 3.05) is 5.32 Å². The van der Waals surface area contributed by atoms with E-state index in [1.165, 1.54) is 5.56 Å². The van der Waals surface area contributed by atoms with Gasteiger partial charge in [-0.15, -0.1) is 0 Å². The third kappa shape index (κ3) is 3.23. The molecular formula is C20H24N4O2. The molecule has 0 atom stereocenters. The number of carbonyl (C=O) groups excluding carboxylic acids is 2. The van der Waals surface area contributed by atoms with Gasteiger partial charge in [0.05, 0.1) is 5.69 Å². The van der Waals surface area contributed by atoms with Crippen molar-refractivity contribution in [1.82, 2.24) is 14.9 Å². The molecule has 0 bridgehead atoms. The number of nitrogens with one attached hydrogen (secondary N) is 2. The molecule has 0 saturated heterocycles. The van der Waals surface area contributed by atoms with Crippen molar-refractivity contribution >= 4 is 17.5 Å². The van der Waals surface area contributed by atoms with Gasteiger partial charge < -0.3 is 15.2 Å². The molecule has 6 nitrogen and oxygen atoms in total. The van der Waals surface area contributed by atoms with Crippen LogP contribution in [-0.4, -0.2) is 27.4 Å². The number of nitrogens with zero attached hydrogens (tertiary/aromatic N) is 2. The number of carbonyl (C=O) groups is 2. The molecule has 0 unspecified atom stereocenters. The largest absolute Gasteiger partial charge is 0.347 e. The second-order valence-corrected chi connectivity index (χ2v) is 7.34. The van der Waals surface area contributed by atoms with E-state index in [9.17, 15) is 9.59 Å². The maximum Gasteiger partial charge on any atom is 0.287 e. The Morgan fingerprint density at radius 3 is 2.65 bits per heavy atom. The maximum atomic E-state index is 12.8. The molecule has 2 aliphatic rings. The summed E-state index contributed by atoms with van der Waals surface area (Å²) in [6, 6.07) is 6.11. The topological polar surface area (TPSA) is 76.0 Å². The molecule has 1 aliphatic heterocycles. The summed E-state index contributed by atoms with van der Waals surface area (Å²) in [5.41, 5.74) is 4.31. The quantitative estimate of drug-likeness (QED) is 0.888. The molecule has 1 aromatic heterocycles. The lowest BCUT2D eigenvalue weighted by Crippen LogP contribution is -2.29. The van der Waals surface area contributed by atoms with E-state index < -0.39 is 0 Å². The molecule has 2 aromatic rings. The van der Waals surface area contributed by atoms with E-state index in [1.54, 1.807) is 0 Å². The number of fused-ring (bicyclic) bond motifs is 1. The third-order valence-electron chi connectivity index (χ3n) is 5.21. The minimum absolute atomic E-state index is 0.166. The number of hydrogen-bond donors (Lipinski definition) is 2. The van der Waals surface area contributed by atoms with Gasteiger partial charge in [-0.3, -0.25) is 9.59 Å². The molecule has 0 radical (unpaired) electrons. The summed E-state index contributed by atoms with van der Waals surface area (Å²) < 4.78 is 1.93. The zero-order valence-electron chi connectivity index (χ0n) is 15.3. The zero-order chi connectivity index (χ0) is 18.3. The Kier molecular flexibility index (Phi) is 4.26. The van der Waals surface area contributed by atoms with Crippen LogP contribution in [0.1, 0.15) is 63.6 Å². The molecule has 1 saturated carbocycles. The molecule has 2 N–H and O–H groups in total. The van der Waals surface area contributed by atoms with Gasteiger partial charge in [0.1, 0.15) is 0 Å². The number of aromatic nitrogens is 2. The van der Waals surface area contributed by atoms with Crippen LogP contribution >= 0.6 is 0 Å². The van der Waals surface area contributed by atoms with E-state index in [4.69, 9.17) is 0 Å². The highest BCUT2D eigenvalue weighted by Gasteiger charge is 2.30. The Morgan fingerprint density at radius 2 is 1.92 bits per heavy atom. The van der Waals surface area contributed by atoms with Crippen LogP contribution in [0, 0.1) is 13.8 Å². The molecule has 136 valence electrons. The van der Waals surface area contributed by atoms with Crippen molar-refractivity contribution < 1.29 is 9.59 Å². The molecular weight excluding hydrogens is 328 g/mol. The van der Waals surface area contributed by atoms with Gasteiger partial charge in [0.15, 0.2) is 11.5 Å². The van der Waals surface area contributed by atoms with E-state index in [0.717, 1.165) is 55.6 Å². The smallest absolute Gasteiger partial charge is 0.287 e. The van der Waals surface area contributed by atoms with Gasteiger partial charge in [-0.2, -0.15) is 0 Å². The molecule has 0 spiro atoms. The zero-order valence-corrected chi connectivity index (χ0v) is 15.3. The standard InChI is InChI=1S/C20H24N4O2/c1-12-6-7-15(11-13(12)2)22-19(25)17-16-5-3-4-10-24(16)18(23-17)20(26)21-14-8-9-14/h6-7,11,14H,3-5,8-10H2,1-2H3,(H,21,26)(H,22,25). The van der Waals surface area contributed by atoms with Gasteiger partial charge in [-0.05, 0) is 69.2 Å². The van der Waals surface area contributed by atoms with Crippen LogP contribution < -0.4 is 10.6 Å². The molecule has 2 amide bonds. The van der Waals surface area contributed by atoms with Crippen LogP contribution in [0.2, 0.25) is 0 Å². The summed E-state index contributed by atoms with van der Waals surface area (Å²) >= 11 is 0. The molecule has 26 heavy (non-hydrogen) atoms. The number of imidazole rings is 1. The SMILES string of the molecule is Cc1ccc(NC(=O)c2nc(C(=O)NC3CC3)n3c2CCCC3)cc1C. The fourth-order valence-corrected chi connectivity index (χ4v) is 3.39. The van der Waals surface area contributed by atoms with Crippen LogP contribution in [0.15, 0.2) is 18.2 Å². The lowest BCUT2D eigenvalue weighted by molar-refractivity contribution is 0.0935. The minimum atomic E-state index is -0.246. The Morgan fingerprint density at radius 1 is 1.12 bits per heavy atom. The lowest BCUT2D eigenvalue weighted by Gasteiger charge is -2.17. The monoisotopic (exact) mass is 352 g/mol. The van der Waals surface area contributed by atoms with Crippen molar-refractivity contribution in [3.05, 3.63) is 46.5 Å². The highest BCUT2D eigenvalue weighted by molar-refractivity contribution is 6.05. The van der Waals surface area contributed by atoms with Crippen LogP contribution in [-0.2, 0) is 13.0 Å². The van der Waals surface area contributed by atoms with Crippen molar-refractivity contribution in [2.45, 2.75) is 58.5 Å². The molecule has 4 rings (SSSR count). The van der Waals surface area contributed by atoms with Crippen LogP contribution in [0.3, 0.4) is 0 Å². The van der Waals surface area contributed by atoms with Gasteiger partial charge in [0.2, 0.25) is 0 Å². The first-order valence-electron chi connectivity index (χ1n) is 9.32. The second kappa shape index (κ2) is 6.59. The number of rotatable bonds is 4. The van der Waals surface area contributed by atoms with Crippen LogP contribution in [0.4, 0.5) is 5.69 Å². The third-order valence-corrected chi connectivity index (χ3v) is 5.21. The van der Waals surface area contributed by atoms with Gasteiger partial charge in [-0.1, -0.05) is 6.07 Å². The predicted octanol–water partition coefficient (Wildman–Crippen LogP) is 2.98. The maximum absolute atomic E-state index is 12.8. The fraction of sp³-hybridized carbons (Fsp3) is 0.450. The summed E-state index contributed by atoms with van der Waals surface area (Å²) in [7, 11) is 0. The molecule has 2 heterocycles. The summed E-state index contributed by atoms with van der Waals surface area (Å²) in [4.78, 5) is 29.8. The summed E-state index contributed by atoms with van der Waals surface area (Å²) in [6.07, 6.45) is 4.85. The number of anilines is 1. The highest BCUT2D eigenvalue weighted by Crippen LogP contribution is 2.24. The normalized spacial score (nSPS) is 16.1. The Hall–Kier alpha value is -2.63. The van der Waals surface area contributed by atoms with Crippen molar-refractivity contribution in [2.24, 2.45) is 0 Å². The van der Waals surface area contributed by atoms with E-state index in [-0.39, 0.29) is 17.9 Å². The lowest BCUT2D eigenvalue weighted by atomic mass is 10.1. The number of hydrogen-bond acceptors (Lipinski definition) is 3. The first-order valence-corrected chi connectivity index (χ1v) is 9.32. The first kappa shape index (κ1) is 16.8. The fourth-order valence-electron chi connectivity index (χ4n) is 3.39. The van der Waals surface area contributed by atoms with E-state index in [1.807, 2.05) is 36.6 Å². The Balaban J connectivity index is 1.62. The average molecular weight is 352 g/mol. The molecule has 1 aliphatic carbocycles. The van der Waals surface area contributed by atoms with Crippen molar-refractivity contribution in [1.29, 1.82) is 0 Å². The number of amides is 2. The van der Waals surface area contributed by atoms with Gasteiger partial charge >= 0.3 is 0 Å². The summed E-state index contributed by atoms with van der Waals surface area (Å²) in [5.74, 6) is -0.0397.